The average Bonchev–Trinajstić information content (AvgIpc) is 2.85. The first-order chi connectivity index (χ1) is 15.8. The molecule has 0 unspecified atom stereocenters. The van der Waals surface area contributed by atoms with Gasteiger partial charge in [-0.15, -0.1) is 0 Å². The fourth-order valence-electron chi connectivity index (χ4n) is 3.41. The number of aromatic nitrogens is 2. The van der Waals surface area contributed by atoms with Gasteiger partial charge in [0.1, 0.15) is 11.6 Å². The lowest BCUT2D eigenvalue weighted by molar-refractivity contribution is 0.761. The Bertz CT molecular complexity index is 1170. The number of hydrogen-bond acceptors (Lipinski definition) is 5. The Kier molecular flexibility index (Phi) is 7.07. The van der Waals surface area contributed by atoms with Crippen molar-refractivity contribution in [3.05, 3.63) is 102 Å². The summed E-state index contributed by atoms with van der Waals surface area (Å²) >= 11 is 0. The van der Waals surface area contributed by atoms with Crippen LogP contribution in [0.25, 0.3) is 11.4 Å². The molecule has 0 aliphatic heterocycles. The highest BCUT2D eigenvalue weighted by Gasteiger charge is 2.08. The van der Waals surface area contributed by atoms with Crippen molar-refractivity contribution in [2.75, 3.05) is 17.2 Å². The molecular formula is C27H25N5. The molecule has 158 valence electrons. The van der Waals surface area contributed by atoms with Crippen LogP contribution >= 0.6 is 0 Å². The molecule has 5 nitrogen and oxygen atoms in total. The lowest BCUT2D eigenvalue weighted by Gasteiger charge is -2.12. The number of rotatable bonds is 9. The van der Waals surface area contributed by atoms with Gasteiger partial charge in [-0.05, 0) is 49.1 Å². The summed E-state index contributed by atoms with van der Waals surface area (Å²) in [6.07, 6.45) is 3.25. The van der Waals surface area contributed by atoms with E-state index in [0.29, 0.717) is 17.2 Å². The molecule has 0 aliphatic rings. The monoisotopic (exact) mass is 419 g/mol. The first-order valence-corrected chi connectivity index (χ1v) is 10.8. The summed E-state index contributed by atoms with van der Waals surface area (Å²) in [6, 6.07) is 31.9. The topological polar surface area (TPSA) is 73.6 Å². The molecule has 2 N–H and O–H groups in total. The molecule has 0 spiro atoms. The van der Waals surface area contributed by atoms with E-state index in [1.807, 2.05) is 54.6 Å². The zero-order valence-corrected chi connectivity index (χ0v) is 17.8. The number of benzene rings is 3. The van der Waals surface area contributed by atoms with Crippen molar-refractivity contribution in [2.45, 2.75) is 19.3 Å². The minimum Gasteiger partial charge on any atom is -0.370 e. The fourth-order valence-corrected chi connectivity index (χ4v) is 3.41. The number of hydrogen-bond donors (Lipinski definition) is 2. The maximum absolute atomic E-state index is 9.00. The van der Waals surface area contributed by atoms with Crippen LogP contribution in [-0.2, 0) is 6.42 Å². The van der Waals surface area contributed by atoms with Crippen LogP contribution in [0.4, 0.5) is 17.3 Å². The van der Waals surface area contributed by atoms with Crippen LogP contribution in [0, 0.1) is 11.3 Å². The number of unbranched alkanes of at least 4 members (excludes halogenated alkanes) is 1. The van der Waals surface area contributed by atoms with Gasteiger partial charge in [-0.3, -0.25) is 0 Å². The first kappa shape index (κ1) is 21.1. The van der Waals surface area contributed by atoms with E-state index in [2.05, 4.69) is 41.0 Å². The Morgan fingerprint density at radius 2 is 1.44 bits per heavy atom. The molecule has 5 heteroatoms. The number of aryl methyl sites for hydroxylation is 1. The van der Waals surface area contributed by atoms with Crippen molar-refractivity contribution >= 4 is 17.3 Å². The highest BCUT2D eigenvalue weighted by Crippen LogP contribution is 2.23. The third kappa shape index (κ3) is 5.93. The maximum Gasteiger partial charge on any atom is 0.163 e. The van der Waals surface area contributed by atoms with E-state index >= 15 is 0 Å². The molecule has 32 heavy (non-hydrogen) atoms. The Labute approximate surface area is 188 Å². The van der Waals surface area contributed by atoms with Crippen molar-refractivity contribution in [1.82, 2.24) is 9.97 Å². The van der Waals surface area contributed by atoms with Gasteiger partial charge in [-0.25, -0.2) is 9.97 Å². The van der Waals surface area contributed by atoms with Crippen LogP contribution in [0.5, 0.6) is 0 Å². The van der Waals surface area contributed by atoms with Crippen molar-refractivity contribution in [3.8, 4) is 17.5 Å². The van der Waals surface area contributed by atoms with Gasteiger partial charge in [0.05, 0.1) is 11.6 Å². The first-order valence-electron chi connectivity index (χ1n) is 10.8. The molecule has 0 fully saturated rings. The van der Waals surface area contributed by atoms with Crippen LogP contribution in [0.2, 0.25) is 0 Å². The molecule has 0 amide bonds. The standard InChI is InChI=1S/C27H25N5/c28-20-22-14-16-24(17-15-22)30-26-19-25(31-27(32-26)23-12-5-2-6-13-23)29-18-8-7-11-21-9-3-1-4-10-21/h1-6,9-10,12-17,19H,7-8,11,18H2,(H2,29,30,31,32). The van der Waals surface area contributed by atoms with E-state index in [1.165, 1.54) is 5.56 Å². The predicted octanol–water partition coefficient (Wildman–Crippen LogP) is 6.19. The van der Waals surface area contributed by atoms with Crippen LogP contribution in [-0.4, -0.2) is 16.5 Å². The third-order valence-corrected chi connectivity index (χ3v) is 5.09. The molecule has 3 aromatic carbocycles. The van der Waals surface area contributed by atoms with Gasteiger partial charge in [-0.1, -0.05) is 60.7 Å². The molecule has 0 atom stereocenters. The van der Waals surface area contributed by atoms with E-state index in [-0.39, 0.29) is 0 Å². The van der Waals surface area contributed by atoms with Crippen molar-refractivity contribution < 1.29 is 0 Å². The Hall–Kier alpha value is -4.17. The third-order valence-electron chi connectivity index (χ3n) is 5.09. The number of nitrogens with zero attached hydrogens (tertiary/aromatic N) is 3. The van der Waals surface area contributed by atoms with E-state index in [0.717, 1.165) is 42.9 Å². The average molecular weight is 420 g/mol. The molecule has 0 saturated heterocycles. The quantitative estimate of drug-likeness (QED) is 0.316. The summed E-state index contributed by atoms with van der Waals surface area (Å²) in [5.41, 5.74) is 3.83. The molecule has 1 aromatic heterocycles. The van der Waals surface area contributed by atoms with Crippen molar-refractivity contribution in [2.24, 2.45) is 0 Å². The van der Waals surface area contributed by atoms with Crippen LogP contribution in [0.3, 0.4) is 0 Å². The zero-order chi connectivity index (χ0) is 22.0. The second-order valence-corrected chi connectivity index (χ2v) is 7.51. The smallest absolute Gasteiger partial charge is 0.163 e. The van der Waals surface area contributed by atoms with Gasteiger partial charge >= 0.3 is 0 Å². The highest BCUT2D eigenvalue weighted by atomic mass is 15.1. The highest BCUT2D eigenvalue weighted by molar-refractivity contribution is 5.65. The number of anilines is 3. The second-order valence-electron chi connectivity index (χ2n) is 7.51. The van der Waals surface area contributed by atoms with Crippen molar-refractivity contribution in [1.29, 1.82) is 5.26 Å². The van der Waals surface area contributed by atoms with Gasteiger partial charge in [0, 0.05) is 23.9 Å². The van der Waals surface area contributed by atoms with E-state index in [1.54, 1.807) is 12.1 Å². The van der Waals surface area contributed by atoms with Gasteiger partial charge in [0.2, 0.25) is 0 Å². The van der Waals surface area contributed by atoms with Gasteiger partial charge in [0.15, 0.2) is 5.82 Å². The minimum atomic E-state index is 0.626. The fraction of sp³-hybridized carbons (Fsp3) is 0.148. The Morgan fingerprint density at radius 3 is 2.16 bits per heavy atom. The normalized spacial score (nSPS) is 10.3. The van der Waals surface area contributed by atoms with Gasteiger partial charge in [-0.2, -0.15) is 5.26 Å². The molecule has 0 saturated carbocycles. The molecule has 0 aliphatic carbocycles. The molecule has 4 rings (SSSR count). The Morgan fingerprint density at radius 1 is 0.750 bits per heavy atom. The number of nitriles is 1. The SMILES string of the molecule is N#Cc1ccc(Nc2cc(NCCCCc3ccccc3)nc(-c3ccccc3)n2)cc1. The molecule has 1 heterocycles. The molecule has 0 radical (unpaired) electrons. The molecule has 4 aromatic rings. The van der Waals surface area contributed by atoms with Gasteiger partial charge in [0.25, 0.3) is 0 Å². The van der Waals surface area contributed by atoms with E-state index in [4.69, 9.17) is 15.2 Å². The predicted molar refractivity (Wildman–Crippen MR) is 130 cm³/mol. The summed E-state index contributed by atoms with van der Waals surface area (Å²) in [6.45, 7) is 0.842. The summed E-state index contributed by atoms with van der Waals surface area (Å²) < 4.78 is 0. The maximum atomic E-state index is 9.00. The van der Waals surface area contributed by atoms with Crippen molar-refractivity contribution in [3.63, 3.8) is 0 Å². The molecule has 0 bridgehead atoms. The second kappa shape index (κ2) is 10.7. The molecular weight excluding hydrogens is 394 g/mol. The largest absolute Gasteiger partial charge is 0.370 e. The van der Waals surface area contributed by atoms with Gasteiger partial charge < -0.3 is 10.6 Å². The summed E-state index contributed by atoms with van der Waals surface area (Å²) in [5.74, 6) is 2.15. The summed E-state index contributed by atoms with van der Waals surface area (Å²) in [5, 5.41) is 15.8. The van der Waals surface area contributed by atoms with Crippen LogP contribution in [0.1, 0.15) is 24.0 Å². The lowest BCUT2D eigenvalue weighted by Crippen LogP contribution is -2.07. The van der Waals surface area contributed by atoms with Crippen LogP contribution in [0.15, 0.2) is 91.0 Å². The summed E-state index contributed by atoms with van der Waals surface area (Å²) in [4.78, 5) is 9.42. The number of nitrogens with one attached hydrogen (secondary N) is 2. The lowest BCUT2D eigenvalue weighted by atomic mass is 10.1. The van der Waals surface area contributed by atoms with E-state index in [9.17, 15) is 0 Å². The Balaban J connectivity index is 1.45. The minimum absolute atomic E-state index is 0.626. The summed E-state index contributed by atoms with van der Waals surface area (Å²) in [7, 11) is 0. The zero-order valence-electron chi connectivity index (χ0n) is 17.8. The van der Waals surface area contributed by atoms with Crippen LogP contribution < -0.4 is 10.6 Å². The van der Waals surface area contributed by atoms with E-state index < -0.39 is 0 Å².